The van der Waals surface area contributed by atoms with Crippen LogP contribution in [0.2, 0.25) is 0 Å². The van der Waals surface area contributed by atoms with Crippen molar-refractivity contribution in [3.05, 3.63) is 99.9 Å². The van der Waals surface area contributed by atoms with E-state index in [1.165, 1.54) is 7.11 Å². The molecule has 0 aliphatic carbocycles. The van der Waals surface area contributed by atoms with Gasteiger partial charge in [-0.25, -0.2) is 4.79 Å². The maximum atomic E-state index is 12.9. The Morgan fingerprint density at radius 1 is 0.935 bits per heavy atom. The van der Waals surface area contributed by atoms with Gasteiger partial charge in [-0.05, 0) is 48.9 Å². The smallest absolute Gasteiger partial charge is 0.337 e. The standard InChI is InChI=1S/C25H20O6/c1-16-24(31-19-6-4-3-5-7-19)23(26)21-13-12-20(14-22(21)30-16)29-15-17-8-10-18(11-9-17)25(27)28-2/h3-14H,15H2,1-2H3. The monoisotopic (exact) mass is 416 g/mol. The maximum absolute atomic E-state index is 12.9. The van der Waals surface area contributed by atoms with Gasteiger partial charge in [0, 0.05) is 6.07 Å². The van der Waals surface area contributed by atoms with E-state index in [0.29, 0.717) is 40.4 Å². The van der Waals surface area contributed by atoms with Crippen LogP contribution in [0.25, 0.3) is 11.0 Å². The maximum Gasteiger partial charge on any atom is 0.337 e. The molecule has 0 spiro atoms. The second-order valence-electron chi connectivity index (χ2n) is 6.87. The highest BCUT2D eigenvalue weighted by Gasteiger charge is 2.14. The van der Waals surface area contributed by atoms with Crippen LogP contribution < -0.4 is 14.9 Å². The topological polar surface area (TPSA) is 75.0 Å². The van der Waals surface area contributed by atoms with E-state index in [-0.39, 0.29) is 17.1 Å². The van der Waals surface area contributed by atoms with Crippen LogP contribution in [0.1, 0.15) is 21.7 Å². The third-order valence-electron chi connectivity index (χ3n) is 4.73. The van der Waals surface area contributed by atoms with Gasteiger partial charge in [-0.15, -0.1) is 0 Å². The molecule has 0 unspecified atom stereocenters. The van der Waals surface area contributed by atoms with E-state index in [1.54, 1.807) is 61.5 Å². The third kappa shape index (κ3) is 4.43. The molecule has 1 aromatic heterocycles. The minimum atomic E-state index is -0.386. The summed E-state index contributed by atoms with van der Waals surface area (Å²) < 4.78 is 22.1. The number of rotatable bonds is 6. The van der Waals surface area contributed by atoms with Gasteiger partial charge in [0.25, 0.3) is 0 Å². The molecule has 4 aromatic rings. The summed E-state index contributed by atoms with van der Waals surface area (Å²) in [6.07, 6.45) is 0. The lowest BCUT2D eigenvalue weighted by molar-refractivity contribution is 0.0600. The number of hydrogen-bond acceptors (Lipinski definition) is 6. The Kier molecular flexibility index (Phi) is 5.71. The number of aryl methyl sites for hydroxylation is 1. The van der Waals surface area contributed by atoms with Crippen LogP contribution in [-0.4, -0.2) is 13.1 Å². The number of esters is 1. The highest BCUT2D eigenvalue weighted by Crippen LogP contribution is 2.27. The average Bonchev–Trinajstić information content (AvgIpc) is 2.80. The fourth-order valence-electron chi connectivity index (χ4n) is 3.10. The first kappa shape index (κ1) is 20.2. The molecule has 6 nitrogen and oxygen atoms in total. The minimum absolute atomic E-state index is 0.165. The molecule has 0 atom stereocenters. The molecule has 0 saturated heterocycles. The van der Waals surface area contributed by atoms with Gasteiger partial charge in [-0.2, -0.15) is 0 Å². The quantitative estimate of drug-likeness (QED) is 0.399. The Morgan fingerprint density at radius 2 is 1.68 bits per heavy atom. The van der Waals surface area contributed by atoms with Gasteiger partial charge in [0.15, 0.2) is 0 Å². The fraction of sp³-hybridized carbons (Fsp3) is 0.120. The number of benzene rings is 3. The van der Waals surface area contributed by atoms with Crippen LogP contribution in [0.4, 0.5) is 0 Å². The predicted octanol–water partition coefficient (Wildman–Crippen LogP) is 5.26. The first-order valence-corrected chi connectivity index (χ1v) is 9.65. The fourth-order valence-corrected chi connectivity index (χ4v) is 3.10. The molecule has 0 aliphatic heterocycles. The molecular formula is C25H20O6. The van der Waals surface area contributed by atoms with Gasteiger partial charge in [-0.3, -0.25) is 4.79 Å². The molecule has 4 rings (SSSR count). The van der Waals surface area contributed by atoms with Gasteiger partial charge in [0.05, 0.1) is 18.1 Å². The number of para-hydroxylation sites is 1. The molecule has 0 aliphatic rings. The molecule has 6 heteroatoms. The van der Waals surface area contributed by atoms with Crippen LogP contribution in [-0.2, 0) is 11.3 Å². The van der Waals surface area contributed by atoms with Crippen molar-refractivity contribution in [2.24, 2.45) is 0 Å². The summed E-state index contributed by atoms with van der Waals surface area (Å²) in [6.45, 7) is 1.99. The summed E-state index contributed by atoms with van der Waals surface area (Å²) in [5.41, 5.74) is 1.54. The van der Waals surface area contributed by atoms with Crippen molar-refractivity contribution in [1.82, 2.24) is 0 Å². The number of hydrogen-bond donors (Lipinski definition) is 0. The molecule has 0 amide bonds. The molecule has 0 radical (unpaired) electrons. The molecule has 3 aromatic carbocycles. The van der Waals surface area contributed by atoms with Crippen LogP contribution in [0.3, 0.4) is 0 Å². The Balaban J connectivity index is 1.53. The summed E-state index contributed by atoms with van der Waals surface area (Å²) in [6, 6.07) is 21.1. The lowest BCUT2D eigenvalue weighted by atomic mass is 10.1. The number of methoxy groups -OCH3 is 1. The molecule has 0 bridgehead atoms. The molecule has 156 valence electrons. The zero-order valence-electron chi connectivity index (χ0n) is 17.1. The molecule has 0 N–H and O–H groups in total. The Bertz CT molecular complexity index is 1270. The molecule has 0 saturated carbocycles. The van der Waals surface area contributed by atoms with Gasteiger partial charge in [0.2, 0.25) is 11.2 Å². The summed E-state index contributed by atoms with van der Waals surface area (Å²) in [5.74, 6) is 1.29. The number of carbonyl (C=O) groups excluding carboxylic acids is 1. The van der Waals surface area contributed by atoms with Crippen LogP contribution >= 0.6 is 0 Å². The summed E-state index contributed by atoms with van der Waals surface area (Å²) in [5, 5.41) is 0.409. The predicted molar refractivity (Wildman–Crippen MR) is 116 cm³/mol. The Labute approximate surface area is 178 Å². The highest BCUT2D eigenvalue weighted by atomic mass is 16.5. The van der Waals surface area contributed by atoms with E-state index in [4.69, 9.17) is 18.6 Å². The van der Waals surface area contributed by atoms with Crippen molar-refractivity contribution in [1.29, 1.82) is 0 Å². The van der Waals surface area contributed by atoms with Crippen molar-refractivity contribution < 1.29 is 23.4 Å². The summed E-state index contributed by atoms with van der Waals surface area (Å²) >= 11 is 0. The van der Waals surface area contributed by atoms with Crippen LogP contribution in [0.5, 0.6) is 17.2 Å². The van der Waals surface area contributed by atoms with Crippen molar-refractivity contribution in [2.45, 2.75) is 13.5 Å². The van der Waals surface area contributed by atoms with Gasteiger partial charge in [0.1, 0.15) is 29.4 Å². The van der Waals surface area contributed by atoms with Crippen LogP contribution in [0, 0.1) is 6.92 Å². The largest absolute Gasteiger partial charge is 0.489 e. The van der Waals surface area contributed by atoms with Crippen molar-refractivity contribution in [3.8, 4) is 17.2 Å². The summed E-state index contributed by atoms with van der Waals surface area (Å²) in [7, 11) is 1.34. The van der Waals surface area contributed by atoms with Crippen molar-refractivity contribution in [2.75, 3.05) is 7.11 Å². The third-order valence-corrected chi connectivity index (χ3v) is 4.73. The lowest BCUT2D eigenvalue weighted by Crippen LogP contribution is -2.07. The van der Waals surface area contributed by atoms with E-state index in [1.807, 2.05) is 18.2 Å². The molecule has 1 heterocycles. The van der Waals surface area contributed by atoms with E-state index < -0.39 is 0 Å². The van der Waals surface area contributed by atoms with E-state index in [2.05, 4.69) is 0 Å². The lowest BCUT2D eigenvalue weighted by Gasteiger charge is -2.10. The highest BCUT2D eigenvalue weighted by molar-refractivity contribution is 5.89. The molecule has 0 fully saturated rings. The van der Waals surface area contributed by atoms with Gasteiger partial charge >= 0.3 is 5.97 Å². The molecule has 31 heavy (non-hydrogen) atoms. The first-order valence-electron chi connectivity index (χ1n) is 9.65. The second kappa shape index (κ2) is 8.75. The number of ether oxygens (including phenoxy) is 3. The van der Waals surface area contributed by atoms with Crippen molar-refractivity contribution >= 4 is 16.9 Å². The zero-order valence-corrected chi connectivity index (χ0v) is 17.1. The molecular weight excluding hydrogens is 396 g/mol. The number of fused-ring (bicyclic) bond motifs is 1. The van der Waals surface area contributed by atoms with E-state index in [9.17, 15) is 9.59 Å². The van der Waals surface area contributed by atoms with E-state index in [0.717, 1.165) is 5.56 Å². The Hall–Kier alpha value is -4.06. The number of carbonyl (C=O) groups is 1. The van der Waals surface area contributed by atoms with Crippen LogP contribution in [0.15, 0.2) is 82.0 Å². The normalized spacial score (nSPS) is 10.6. The summed E-state index contributed by atoms with van der Waals surface area (Å²) in [4.78, 5) is 24.4. The minimum Gasteiger partial charge on any atom is -0.489 e. The Morgan fingerprint density at radius 3 is 2.39 bits per heavy atom. The average molecular weight is 416 g/mol. The second-order valence-corrected chi connectivity index (χ2v) is 6.87. The van der Waals surface area contributed by atoms with E-state index >= 15 is 0 Å². The van der Waals surface area contributed by atoms with Gasteiger partial charge < -0.3 is 18.6 Å². The van der Waals surface area contributed by atoms with Gasteiger partial charge in [-0.1, -0.05) is 30.3 Å². The van der Waals surface area contributed by atoms with Crippen molar-refractivity contribution in [3.63, 3.8) is 0 Å². The zero-order chi connectivity index (χ0) is 21.8. The SMILES string of the molecule is COC(=O)c1ccc(COc2ccc3c(=O)c(Oc4ccccc4)c(C)oc3c2)cc1. The first-order chi connectivity index (χ1) is 15.0.